The summed E-state index contributed by atoms with van der Waals surface area (Å²) in [7, 11) is 0. The number of benzene rings is 2. The Morgan fingerprint density at radius 1 is 1.15 bits per heavy atom. The largest absolute Gasteiger partial charge is 0.491 e. The van der Waals surface area contributed by atoms with Gasteiger partial charge >= 0.3 is 0 Å². The Morgan fingerprint density at radius 2 is 1.94 bits per heavy atom. The van der Waals surface area contributed by atoms with Crippen LogP contribution in [0.3, 0.4) is 0 Å². The molecule has 0 bridgehead atoms. The summed E-state index contributed by atoms with van der Waals surface area (Å²) in [4.78, 5) is 12.5. The lowest BCUT2D eigenvalue weighted by Gasteiger charge is -2.17. The molecule has 0 saturated heterocycles. The first-order chi connectivity index (χ1) is 15.9. The number of Topliss-reactive ketones (excluding diaryl/α,β-unsaturated/α-hetero) is 1. The first kappa shape index (κ1) is 24.0. The van der Waals surface area contributed by atoms with E-state index in [2.05, 4.69) is 10.6 Å². The van der Waals surface area contributed by atoms with Crippen LogP contribution in [0, 0.1) is 5.82 Å². The van der Waals surface area contributed by atoms with Crippen LogP contribution in [-0.4, -0.2) is 48.8 Å². The van der Waals surface area contributed by atoms with E-state index >= 15 is 0 Å². The molecular weight excluding hydrogens is 470 g/mol. The molecule has 0 aliphatic heterocycles. The first-order valence-electron chi connectivity index (χ1n) is 10.8. The number of carbonyl (C=O) groups is 1. The van der Waals surface area contributed by atoms with Gasteiger partial charge in [-0.25, -0.2) is 4.39 Å². The van der Waals surface area contributed by atoms with Crippen molar-refractivity contribution >= 4 is 40.0 Å². The van der Waals surface area contributed by atoms with Crippen LogP contribution in [0.5, 0.6) is 5.75 Å². The van der Waals surface area contributed by atoms with Gasteiger partial charge in [-0.05, 0) is 55.7 Å². The average Bonchev–Trinajstić information content (AvgIpc) is 3.43. The van der Waals surface area contributed by atoms with E-state index in [-0.39, 0.29) is 36.0 Å². The number of furan rings is 1. The second-order valence-corrected chi connectivity index (χ2v) is 9.10. The van der Waals surface area contributed by atoms with Gasteiger partial charge in [-0.1, -0.05) is 23.2 Å². The van der Waals surface area contributed by atoms with E-state index < -0.39 is 11.9 Å². The molecule has 3 N–H and O–H groups in total. The number of aliphatic hydroxyl groups is 1. The van der Waals surface area contributed by atoms with Gasteiger partial charge in [0, 0.05) is 35.1 Å². The van der Waals surface area contributed by atoms with E-state index in [4.69, 9.17) is 32.4 Å². The van der Waals surface area contributed by atoms with Crippen LogP contribution in [0.1, 0.15) is 29.8 Å². The third-order valence-electron chi connectivity index (χ3n) is 5.71. The van der Waals surface area contributed by atoms with Crippen molar-refractivity contribution in [2.45, 2.75) is 37.5 Å². The van der Waals surface area contributed by atoms with Crippen LogP contribution in [0.4, 0.5) is 4.39 Å². The number of aliphatic hydroxyl groups excluding tert-OH is 1. The molecule has 1 heterocycles. The number of nitrogens with one attached hydrogen (secondary N) is 2. The standard InChI is InChI=1S/C24H25Cl2FN2O4/c25-15-1-6-23-14(7-15)8-24(33-23)22(31)12-29-17-3-2-16(9-17)28-11-18(30)13-32-19-4-5-20(26)21(27)10-19/h1,4-8,10,16-18,28-30H,2-3,9,11-13H2. The van der Waals surface area contributed by atoms with E-state index in [0.717, 1.165) is 24.6 Å². The van der Waals surface area contributed by atoms with Gasteiger partial charge in [0.1, 0.15) is 29.9 Å². The van der Waals surface area contributed by atoms with Gasteiger partial charge in [-0.15, -0.1) is 0 Å². The summed E-state index contributed by atoms with van der Waals surface area (Å²) in [5.41, 5.74) is 0.636. The summed E-state index contributed by atoms with van der Waals surface area (Å²) in [6.07, 6.45) is 1.97. The Hall–Kier alpha value is -2.16. The highest BCUT2D eigenvalue weighted by molar-refractivity contribution is 6.31. The number of hydrogen-bond acceptors (Lipinski definition) is 6. The van der Waals surface area contributed by atoms with Crippen molar-refractivity contribution in [2.24, 2.45) is 0 Å². The second kappa shape index (κ2) is 10.8. The molecule has 0 spiro atoms. The molecule has 3 unspecified atom stereocenters. The highest BCUT2D eigenvalue weighted by atomic mass is 35.5. The van der Waals surface area contributed by atoms with Crippen LogP contribution in [0.25, 0.3) is 11.0 Å². The average molecular weight is 495 g/mol. The highest BCUT2D eigenvalue weighted by Crippen LogP contribution is 2.24. The minimum atomic E-state index is -0.737. The van der Waals surface area contributed by atoms with Crippen molar-refractivity contribution in [3.8, 4) is 5.75 Å². The molecule has 4 rings (SSSR count). The molecule has 9 heteroatoms. The molecule has 2 aromatic carbocycles. The van der Waals surface area contributed by atoms with E-state index in [1.165, 1.54) is 12.1 Å². The fraction of sp³-hybridized carbons (Fsp3) is 0.375. The minimum Gasteiger partial charge on any atom is -0.491 e. The van der Waals surface area contributed by atoms with Crippen molar-refractivity contribution in [2.75, 3.05) is 19.7 Å². The zero-order valence-electron chi connectivity index (χ0n) is 17.8. The predicted octanol–water partition coefficient (Wildman–Crippen LogP) is 4.60. The molecule has 3 atom stereocenters. The molecule has 176 valence electrons. The Labute approximate surface area is 201 Å². The van der Waals surface area contributed by atoms with Crippen molar-refractivity contribution in [3.63, 3.8) is 0 Å². The summed E-state index contributed by atoms with van der Waals surface area (Å²) in [5, 5.41) is 18.2. The maximum Gasteiger partial charge on any atom is 0.211 e. The molecule has 1 fully saturated rings. The lowest BCUT2D eigenvalue weighted by atomic mass is 10.2. The maximum atomic E-state index is 13.4. The number of hydrogen-bond donors (Lipinski definition) is 3. The zero-order chi connectivity index (χ0) is 23.4. The Morgan fingerprint density at radius 3 is 2.73 bits per heavy atom. The molecule has 1 aromatic heterocycles. The van der Waals surface area contributed by atoms with E-state index in [0.29, 0.717) is 28.7 Å². The highest BCUT2D eigenvalue weighted by Gasteiger charge is 2.25. The van der Waals surface area contributed by atoms with Crippen molar-refractivity contribution in [1.82, 2.24) is 10.6 Å². The number of carbonyl (C=O) groups excluding carboxylic acids is 1. The Bertz CT molecular complexity index is 1120. The van der Waals surface area contributed by atoms with E-state index in [1.54, 1.807) is 30.3 Å². The minimum absolute atomic E-state index is 0.0261. The van der Waals surface area contributed by atoms with Gasteiger partial charge in [-0.3, -0.25) is 4.79 Å². The van der Waals surface area contributed by atoms with Gasteiger partial charge in [0.2, 0.25) is 5.78 Å². The molecule has 0 radical (unpaired) electrons. The second-order valence-electron chi connectivity index (χ2n) is 8.25. The zero-order valence-corrected chi connectivity index (χ0v) is 19.3. The Balaban J connectivity index is 1.16. The normalized spacial score (nSPS) is 19.2. The van der Waals surface area contributed by atoms with E-state index in [1.807, 2.05) is 0 Å². The number of rotatable bonds is 10. The van der Waals surface area contributed by atoms with Crippen molar-refractivity contribution in [3.05, 3.63) is 64.1 Å². The van der Waals surface area contributed by atoms with Crippen molar-refractivity contribution in [1.29, 1.82) is 0 Å². The summed E-state index contributed by atoms with van der Waals surface area (Å²) in [5.74, 6) is -0.0335. The number of ketones is 1. The molecule has 1 saturated carbocycles. The predicted molar refractivity (Wildman–Crippen MR) is 126 cm³/mol. The lowest BCUT2D eigenvalue weighted by molar-refractivity contribution is 0.0962. The van der Waals surface area contributed by atoms with Crippen LogP contribution in [-0.2, 0) is 0 Å². The fourth-order valence-electron chi connectivity index (χ4n) is 3.95. The fourth-order valence-corrected chi connectivity index (χ4v) is 4.25. The summed E-state index contributed by atoms with van der Waals surface area (Å²) in [6, 6.07) is 11.6. The van der Waals surface area contributed by atoms with Gasteiger partial charge in [-0.2, -0.15) is 0 Å². The molecule has 0 amide bonds. The number of fused-ring (bicyclic) bond motifs is 1. The van der Waals surface area contributed by atoms with Crippen LogP contribution in [0.2, 0.25) is 10.0 Å². The molecule has 3 aromatic rings. The summed E-state index contributed by atoms with van der Waals surface area (Å²) < 4.78 is 24.5. The first-order valence-corrected chi connectivity index (χ1v) is 11.6. The van der Waals surface area contributed by atoms with E-state index in [9.17, 15) is 14.3 Å². The molecule has 33 heavy (non-hydrogen) atoms. The number of halogens is 3. The SMILES string of the molecule is O=C(CNC1CCC(NCC(O)COc2ccc(Cl)c(F)c2)C1)c1cc2cc(Cl)ccc2o1. The lowest BCUT2D eigenvalue weighted by Crippen LogP contribution is -2.38. The molecule has 6 nitrogen and oxygen atoms in total. The van der Waals surface area contributed by atoms with Crippen LogP contribution < -0.4 is 15.4 Å². The topological polar surface area (TPSA) is 83.7 Å². The quantitative estimate of drug-likeness (QED) is 0.357. The summed E-state index contributed by atoms with van der Waals surface area (Å²) in [6.45, 7) is 0.590. The van der Waals surface area contributed by atoms with Gasteiger partial charge in [0.05, 0.1) is 11.6 Å². The third kappa shape index (κ3) is 6.46. The Kier molecular flexibility index (Phi) is 7.88. The maximum absolute atomic E-state index is 13.4. The molecule has 1 aliphatic rings. The van der Waals surface area contributed by atoms with Gasteiger partial charge in [0.25, 0.3) is 0 Å². The third-order valence-corrected chi connectivity index (χ3v) is 6.25. The van der Waals surface area contributed by atoms with Gasteiger partial charge < -0.3 is 24.9 Å². The van der Waals surface area contributed by atoms with Crippen LogP contribution >= 0.6 is 23.2 Å². The number of ether oxygens (including phenoxy) is 1. The van der Waals surface area contributed by atoms with Crippen molar-refractivity contribution < 1.29 is 23.4 Å². The summed E-state index contributed by atoms with van der Waals surface area (Å²) >= 11 is 11.6. The monoisotopic (exact) mass is 494 g/mol. The molecular formula is C24H25Cl2FN2O4. The van der Waals surface area contributed by atoms with Crippen LogP contribution in [0.15, 0.2) is 46.9 Å². The smallest absolute Gasteiger partial charge is 0.211 e. The molecule has 1 aliphatic carbocycles. The van der Waals surface area contributed by atoms with Gasteiger partial charge in [0.15, 0.2) is 5.76 Å².